The van der Waals surface area contributed by atoms with Gasteiger partial charge in [-0.1, -0.05) is 6.07 Å². The molecule has 0 amide bonds. The highest BCUT2D eigenvalue weighted by Gasteiger charge is 2.18. The number of hydrogen-bond donors (Lipinski definition) is 3. The van der Waals surface area contributed by atoms with Gasteiger partial charge in [0.25, 0.3) is 0 Å². The van der Waals surface area contributed by atoms with Crippen LogP contribution in [0.5, 0.6) is 28.7 Å². The molecule has 8 nitrogen and oxygen atoms in total. The zero-order chi connectivity index (χ0) is 24.3. The van der Waals surface area contributed by atoms with Crippen LogP contribution in [-0.4, -0.2) is 68.1 Å². The maximum Gasteiger partial charge on any atom is 0.119 e. The van der Waals surface area contributed by atoms with E-state index in [1.807, 2.05) is 0 Å². The molecule has 0 aliphatic rings. The molecule has 0 aromatic heterocycles. The standard InChI is InChI=1S/C26H31NO7/c1-31-23-6-10-25(11-7-23)33-17-21(29)15-27(19-4-3-5-20(28)14-19)16-22(30)18-34-26-12-8-24(32-2)9-13-26/h3-14,21-22,28-30H,15-18H2,1-2H3/t21-,22-/m1/s1. The average molecular weight is 470 g/mol. The van der Waals surface area contributed by atoms with E-state index < -0.39 is 12.2 Å². The molecule has 0 aliphatic carbocycles. The van der Waals surface area contributed by atoms with Gasteiger partial charge >= 0.3 is 0 Å². The van der Waals surface area contributed by atoms with Crippen molar-refractivity contribution in [2.75, 3.05) is 45.4 Å². The van der Waals surface area contributed by atoms with Gasteiger partial charge in [0.15, 0.2) is 0 Å². The first kappa shape index (κ1) is 25.0. The molecule has 0 bridgehead atoms. The largest absolute Gasteiger partial charge is 0.508 e. The smallest absolute Gasteiger partial charge is 0.119 e. The van der Waals surface area contributed by atoms with Gasteiger partial charge in [-0.15, -0.1) is 0 Å². The van der Waals surface area contributed by atoms with Crippen molar-refractivity contribution >= 4 is 5.69 Å². The minimum atomic E-state index is -0.848. The highest BCUT2D eigenvalue weighted by atomic mass is 16.5. The highest BCUT2D eigenvalue weighted by molar-refractivity contribution is 5.50. The van der Waals surface area contributed by atoms with Crippen molar-refractivity contribution in [1.29, 1.82) is 0 Å². The highest BCUT2D eigenvalue weighted by Crippen LogP contribution is 2.22. The van der Waals surface area contributed by atoms with Crippen LogP contribution in [0.15, 0.2) is 72.8 Å². The number of aliphatic hydroxyl groups is 2. The first-order valence-electron chi connectivity index (χ1n) is 10.9. The van der Waals surface area contributed by atoms with Crippen LogP contribution in [0.1, 0.15) is 0 Å². The quantitative estimate of drug-likeness (QED) is 0.351. The second-order valence-corrected chi connectivity index (χ2v) is 7.71. The number of phenols is 1. The van der Waals surface area contributed by atoms with Crippen molar-refractivity contribution in [1.82, 2.24) is 0 Å². The Labute approximate surface area is 199 Å². The molecule has 8 heteroatoms. The summed E-state index contributed by atoms with van der Waals surface area (Å²) in [6.07, 6.45) is -1.70. The Kier molecular flexibility index (Phi) is 9.25. The number of aliphatic hydroxyl groups excluding tert-OH is 2. The molecule has 0 heterocycles. The third kappa shape index (κ3) is 7.75. The van der Waals surface area contributed by atoms with Gasteiger partial charge in [0.05, 0.1) is 14.2 Å². The Hall–Kier alpha value is -3.62. The molecule has 0 radical (unpaired) electrons. The number of aromatic hydroxyl groups is 1. The lowest BCUT2D eigenvalue weighted by Gasteiger charge is -2.29. The van der Waals surface area contributed by atoms with Crippen molar-refractivity contribution in [2.45, 2.75) is 12.2 Å². The van der Waals surface area contributed by atoms with Crippen molar-refractivity contribution in [3.05, 3.63) is 72.8 Å². The topological polar surface area (TPSA) is 101 Å². The SMILES string of the molecule is COc1ccc(OC[C@H](O)CN(C[C@@H](O)COc2ccc(OC)cc2)c2cccc(O)c2)cc1. The second-order valence-electron chi connectivity index (χ2n) is 7.71. The molecule has 0 saturated carbocycles. The van der Waals surface area contributed by atoms with Gasteiger partial charge in [-0.2, -0.15) is 0 Å². The number of methoxy groups -OCH3 is 2. The fraction of sp³-hybridized carbons (Fsp3) is 0.308. The maximum absolute atomic E-state index is 10.6. The molecule has 0 aliphatic heterocycles. The molecule has 0 spiro atoms. The van der Waals surface area contributed by atoms with Crippen LogP contribution < -0.4 is 23.8 Å². The molecular formula is C26H31NO7. The van der Waals surface area contributed by atoms with E-state index in [-0.39, 0.29) is 32.1 Å². The second kappa shape index (κ2) is 12.6. The van der Waals surface area contributed by atoms with E-state index >= 15 is 0 Å². The van der Waals surface area contributed by atoms with Crippen LogP contribution in [0.3, 0.4) is 0 Å². The third-order valence-corrected chi connectivity index (χ3v) is 5.06. The maximum atomic E-state index is 10.6. The van der Waals surface area contributed by atoms with Crippen molar-refractivity contribution in [3.8, 4) is 28.7 Å². The monoisotopic (exact) mass is 469 g/mol. The zero-order valence-electron chi connectivity index (χ0n) is 19.3. The number of ether oxygens (including phenoxy) is 4. The van der Waals surface area contributed by atoms with E-state index in [0.29, 0.717) is 28.7 Å². The Morgan fingerprint density at radius 2 is 1.12 bits per heavy atom. The van der Waals surface area contributed by atoms with Crippen molar-refractivity contribution in [2.24, 2.45) is 0 Å². The van der Waals surface area contributed by atoms with E-state index in [0.717, 1.165) is 0 Å². The fourth-order valence-electron chi connectivity index (χ4n) is 3.32. The molecule has 182 valence electrons. The molecule has 0 unspecified atom stereocenters. The van der Waals surface area contributed by atoms with Gasteiger partial charge in [0, 0.05) is 24.8 Å². The van der Waals surface area contributed by atoms with E-state index in [1.165, 1.54) is 0 Å². The van der Waals surface area contributed by atoms with Crippen LogP contribution in [0.4, 0.5) is 5.69 Å². The molecule has 3 aromatic rings. The van der Waals surface area contributed by atoms with Gasteiger partial charge in [-0.3, -0.25) is 0 Å². The number of benzene rings is 3. The molecule has 0 saturated heterocycles. The summed E-state index contributed by atoms with van der Waals surface area (Å²) in [5.74, 6) is 2.74. The first-order chi connectivity index (χ1) is 16.5. The van der Waals surface area contributed by atoms with Crippen molar-refractivity contribution in [3.63, 3.8) is 0 Å². The minimum absolute atomic E-state index is 0.0556. The molecule has 3 N–H and O–H groups in total. The fourth-order valence-corrected chi connectivity index (χ4v) is 3.32. The summed E-state index contributed by atoms with van der Waals surface area (Å²) in [5, 5.41) is 31.1. The van der Waals surface area contributed by atoms with Gasteiger partial charge in [0.1, 0.15) is 54.2 Å². The van der Waals surface area contributed by atoms with Crippen LogP contribution in [0.2, 0.25) is 0 Å². The zero-order valence-corrected chi connectivity index (χ0v) is 19.3. The summed E-state index contributed by atoms with van der Waals surface area (Å²) >= 11 is 0. The van der Waals surface area contributed by atoms with Crippen LogP contribution >= 0.6 is 0 Å². The normalized spacial score (nSPS) is 12.5. The Morgan fingerprint density at radius 3 is 1.53 bits per heavy atom. The summed E-state index contributed by atoms with van der Waals surface area (Å²) in [7, 11) is 3.18. The van der Waals surface area contributed by atoms with Gasteiger partial charge in [0.2, 0.25) is 0 Å². The number of hydrogen-bond acceptors (Lipinski definition) is 8. The van der Waals surface area contributed by atoms with Gasteiger partial charge < -0.3 is 39.2 Å². The predicted octanol–water partition coefficient (Wildman–Crippen LogP) is 3.10. The minimum Gasteiger partial charge on any atom is -0.508 e. The summed E-state index contributed by atoms with van der Waals surface area (Å²) in [5.41, 5.74) is 0.659. The predicted molar refractivity (Wildman–Crippen MR) is 129 cm³/mol. The molecule has 34 heavy (non-hydrogen) atoms. The molecule has 0 fully saturated rings. The number of rotatable bonds is 13. The lowest BCUT2D eigenvalue weighted by atomic mass is 10.2. The Bertz CT molecular complexity index is 935. The molecule has 3 aromatic carbocycles. The van der Waals surface area contributed by atoms with Crippen LogP contribution in [0.25, 0.3) is 0 Å². The Balaban J connectivity index is 1.58. The molecule has 3 rings (SSSR count). The van der Waals surface area contributed by atoms with Crippen LogP contribution in [0, 0.1) is 0 Å². The summed E-state index contributed by atoms with van der Waals surface area (Å²) in [6.45, 7) is 0.471. The van der Waals surface area contributed by atoms with Crippen molar-refractivity contribution < 1.29 is 34.3 Å². The summed E-state index contributed by atoms with van der Waals surface area (Å²) < 4.78 is 21.6. The molecule has 2 atom stereocenters. The summed E-state index contributed by atoms with van der Waals surface area (Å²) in [6, 6.07) is 20.8. The van der Waals surface area contributed by atoms with E-state index in [1.54, 1.807) is 91.9 Å². The first-order valence-corrected chi connectivity index (χ1v) is 10.9. The third-order valence-electron chi connectivity index (χ3n) is 5.06. The van der Waals surface area contributed by atoms with Crippen LogP contribution in [-0.2, 0) is 0 Å². The van der Waals surface area contributed by atoms with E-state index in [4.69, 9.17) is 18.9 Å². The molecular weight excluding hydrogens is 438 g/mol. The Morgan fingerprint density at radius 1 is 0.676 bits per heavy atom. The number of anilines is 1. The van der Waals surface area contributed by atoms with Gasteiger partial charge in [-0.05, 0) is 60.7 Å². The van der Waals surface area contributed by atoms with Gasteiger partial charge in [-0.25, -0.2) is 0 Å². The average Bonchev–Trinajstić information content (AvgIpc) is 2.86. The van der Waals surface area contributed by atoms with E-state index in [9.17, 15) is 15.3 Å². The summed E-state index contributed by atoms with van der Waals surface area (Å²) in [4.78, 5) is 1.78. The lowest BCUT2D eigenvalue weighted by molar-refractivity contribution is 0.0954. The lowest BCUT2D eigenvalue weighted by Crippen LogP contribution is -2.41. The number of phenolic OH excluding ortho intramolecular Hbond substituents is 1. The van der Waals surface area contributed by atoms with E-state index in [2.05, 4.69) is 0 Å². The number of nitrogens with zero attached hydrogens (tertiary/aromatic N) is 1.